The van der Waals surface area contributed by atoms with Gasteiger partial charge in [0.1, 0.15) is 6.17 Å². The number of alkyl halides is 1. The second-order valence-electron chi connectivity index (χ2n) is 2.32. The third kappa shape index (κ3) is 4.24. The van der Waals surface area contributed by atoms with Crippen molar-refractivity contribution < 1.29 is 4.39 Å². The molecule has 0 aromatic heterocycles. The van der Waals surface area contributed by atoms with Crippen LogP contribution in [-0.2, 0) is 0 Å². The van der Waals surface area contributed by atoms with Gasteiger partial charge in [-0.15, -0.1) is 0 Å². The lowest BCUT2D eigenvalue weighted by Crippen LogP contribution is -1.97. The summed E-state index contributed by atoms with van der Waals surface area (Å²) >= 11 is 0. The van der Waals surface area contributed by atoms with Crippen molar-refractivity contribution in [3.05, 3.63) is 11.6 Å². The number of hydrogen-bond acceptors (Lipinski definition) is 1. The summed E-state index contributed by atoms with van der Waals surface area (Å²) in [5, 5.41) is 6.58. The zero-order valence-corrected chi connectivity index (χ0v) is 6.52. The van der Waals surface area contributed by atoms with Crippen LogP contribution in [0.2, 0.25) is 0 Å². The summed E-state index contributed by atoms with van der Waals surface area (Å²) in [6, 6.07) is 0. The molecular formula is C8H14FN. The molecule has 0 radical (unpaired) electrons. The Labute approximate surface area is 61.5 Å². The van der Waals surface area contributed by atoms with Crippen LogP contribution < -0.4 is 0 Å². The second-order valence-corrected chi connectivity index (χ2v) is 2.32. The maximum Gasteiger partial charge on any atom is 0.138 e. The molecule has 0 rings (SSSR count). The van der Waals surface area contributed by atoms with Crippen molar-refractivity contribution in [3.63, 3.8) is 0 Å². The van der Waals surface area contributed by atoms with Gasteiger partial charge < -0.3 is 5.41 Å². The Morgan fingerprint density at radius 2 is 2.30 bits per heavy atom. The van der Waals surface area contributed by atoms with Crippen LogP contribution in [0.3, 0.4) is 0 Å². The zero-order chi connectivity index (χ0) is 7.98. The molecular weight excluding hydrogens is 129 g/mol. The van der Waals surface area contributed by atoms with E-state index in [1.54, 1.807) is 0 Å². The number of rotatable bonds is 4. The predicted molar refractivity (Wildman–Crippen MR) is 42.3 cm³/mol. The van der Waals surface area contributed by atoms with E-state index in [1.807, 2.05) is 19.9 Å². The Morgan fingerprint density at radius 3 is 2.70 bits per heavy atom. The van der Waals surface area contributed by atoms with Crippen LogP contribution in [0.4, 0.5) is 4.39 Å². The largest absolute Gasteiger partial charge is 0.310 e. The molecule has 0 aromatic carbocycles. The summed E-state index contributed by atoms with van der Waals surface area (Å²) in [6.45, 7) is 4.00. The van der Waals surface area contributed by atoms with E-state index in [-0.39, 0.29) is 0 Å². The fourth-order valence-corrected chi connectivity index (χ4v) is 0.526. The molecule has 0 aliphatic rings. The Kier molecular flexibility index (Phi) is 4.81. The Hall–Kier alpha value is -0.660. The Morgan fingerprint density at radius 1 is 1.70 bits per heavy atom. The number of hydrogen-bond donors (Lipinski definition) is 1. The van der Waals surface area contributed by atoms with Crippen molar-refractivity contribution in [1.29, 1.82) is 5.41 Å². The predicted octanol–water partition coefficient (Wildman–Crippen LogP) is 2.72. The first-order valence-electron chi connectivity index (χ1n) is 3.51. The number of halogens is 1. The highest BCUT2D eigenvalue weighted by Crippen LogP contribution is 2.03. The van der Waals surface area contributed by atoms with Gasteiger partial charge in [-0.2, -0.15) is 0 Å². The first-order valence-corrected chi connectivity index (χ1v) is 3.51. The highest BCUT2D eigenvalue weighted by Gasteiger charge is 1.96. The normalized spacial score (nSPS) is 14.9. The molecule has 0 aliphatic carbocycles. The van der Waals surface area contributed by atoms with E-state index in [0.717, 1.165) is 12.6 Å². The second kappa shape index (κ2) is 5.15. The van der Waals surface area contributed by atoms with Gasteiger partial charge in [0.25, 0.3) is 0 Å². The van der Waals surface area contributed by atoms with E-state index in [9.17, 15) is 4.39 Å². The van der Waals surface area contributed by atoms with E-state index >= 15 is 0 Å². The molecule has 1 atom stereocenters. The molecule has 0 aromatic rings. The minimum atomic E-state index is -1.10. The third-order valence-electron chi connectivity index (χ3n) is 1.43. The van der Waals surface area contributed by atoms with Crippen LogP contribution in [-0.4, -0.2) is 12.4 Å². The van der Waals surface area contributed by atoms with Crippen LogP contribution in [0.25, 0.3) is 0 Å². The monoisotopic (exact) mass is 143 g/mol. The van der Waals surface area contributed by atoms with Crippen LogP contribution in [0.1, 0.15) is 26.7 Å². The van der Waals surface area contributed by atoms with E-state index < -0.39 is 6.17 Å². The molecule has 1 N–H and O–H groups in total. The highest BCUT2D eigenvalue weighted by molar-refractivity contribution is 5.59. The molecule has 0 saturated carbocycles. The molecule has 1 unspecified atom stereocenters. The van der Waals surface area contributed by atoms with E-state index in [4.69, 9.17) is 5.41 Å². The minimum Gasteiger partial charge on any atom is -0.310 e. The zero-order valence-electron chi connectivity index (χ0n) is 6.52. The standard InChI is InChI=1S/C8H14FN/c1-3-7(2)4-5-8(9)6-10/h4,6,8,10H,3,5H2,1-2H3/b7-4+,10-6?. The minimum absolute atomic E-state index is 0.350. The SMILES string of the molecule is CC/C(C)=C/CC(F)C=N. The fraction of sp³-hybridized carbons (Fsp3) is 0.625. The van der Waals surface area contributed by atoms with Crippen LogP contribution in [0.15, 0.2) is 11.6 Å². The summed E-state index contributed by atoms with van der Waals surface area (Å²) in [4.78, 5) is 0. The summed E-state index contributed by atoms with van der Waals surface area (Å²) < 4.78 is 12.3. The lowest BCUT2D eigenvalue weighted by Gasteiger charge is -1.96. The van der Waals surface area contributed by atoms with Crippen molar-refractivity contribution in [2.45, 2.75) is 32.9 Å². The van der Waals surface area contributed by atoms with Crippen LogP contribution >= 0.6 is 0 Å². The average Bonchev–Trinajstić information content (AvgIpc) is 1.99. The molecule has 0 fully saturated rings. The third-order valence-corrected chi connectivity index (χ3v) is 1.43. The Balaban J connectivity index is 3.60. The molecule has 0 amide bonds. The van der Waals surface area contributed by atoms with Gasteiger partial charge in [0.05, 0.1) is 0 Å². The van der Waals surface area contributed by atoms with Crippen LogP contribution in [0, 0.1) is 5.41 Å². The number of nitrogens with one attached hydrogen (secondary N) is 1. The molecule has 2 heteroatoms. The lowest BCUT2D eigenvalue weighted by molar-refractivity contribution is 0.432. The topological polar surface area (TPSA) is 23.9 Å². The van der Waals surface area contributed by atoms with Crippen molar-refractivity contribution in [1.82, 2.24) is 0 Å². The number of allylic oxidation sites excluding steroid dienone is 2. The summed E-state index contributed by atoms with van der Waals surface area (Å²) in [7, 11) is 0. The van der Waals surface area contributed by atoms with Gasteiger partial charge in [-0.3, -0.25) is 0 Å². The molecule has 0 heterocycles. The molecule has 1 nitrogen and oxygen atoms in total. The lowest BCUT2D eigenvalue weighted by atomic mass is 10.1. The van der Waals surface area contributed by atoms with Gasteiger partial charge >= 0.3 is 0 Å². The van der Waals surface area contributed by atoms with Gasteiger partial charge in [0.15, 0.2) is 0 Å². The van der Waals surface area contributed by atoms with Gasteiger partial charge in [-0.05, 0) is 13.3 Å². The van der Waals surface area contributed by atoms with Crippen molar-refractivity contribution >= 4 is 6.21 Å². The molecule has 0 aliphatic heterocycles. The van der Waals surface area contributed by atoms with Gasteiger partial charge in [0, 0.05) is 12.6 Å². The average molecular weight is 143 g/mol. The summed E-state index contributed by atoms with van der Waals surface area (Å²) in [6.07, 6.45) is 2.89. The molecule has 0 spiro atoms. The summed E-state index contributed by atoms with van der Waals surface area (Å²) in [5.74, 6) is 0. The van der Waals surface area contributed by atoms with Gasteiger partial charge in [0.2, 0.25) is 0 Å². The van der Waals surface area contributed by atoms with Crippen molar-refractivity contribution in [2.75, 3.05) is 0 Å². The maximum absolute atomic E-state index is 12.3. The van der Waals surface area contributed by atoms with Crippen LogP contribution in [0.5, 0.6) is 0 Å². The van der Waals surface area contributed by atoms with Crippen molar-refractivity contribution in [3.8, 4) is 0 Å². The first kappa shape index (κ1) is 9.34. The van der Waals surface area contributed by atoms with Crippen molar-refractivity contribution in [2.24, 2.45) is 0 Å². The fourth-order valence-electron chi connectivity index (χ4n) is 0.526. The van der Waals surface area contributed by atoms with Gasteiger partial charge in [-0.25, -0.2) is 4.39 Å². The quantitative estimate of drug-likeness (QED) is 0.462. The molecule has 10 heavy (non-hydrogen) atoms. The summed E-state index contributed by atoms with van der Waals surface area (Å²) in [5.41, 5.74) is 1.18. The Bertz CT molecular complexity index is 129. The molecule has 58 valence electrons. The molecule has 0 saturated heterocycles. The first-order chi connectivity index (χ1) is 4.70. The molecule has 0 bridgehead atoms. The maximum atomic E-state index is 12.3. The van der Waals surface area contributed by atoms with E-state index in [1.165, 1.54) is 5.57 Å². The van der Waals surface area contributed by atoms with Gasteiger partial charge in [-0.1, -0.05) is 18.6 Å². The van der Waals surface area contributed by atoms with E-state index in [2.05, 4.69) is 0 Å². The smallest absolute Gasteiger partial charge is 0.138 e. The van der Waals surface area contributed by atoms with E-state index in [0.29, 0.717) is 6.42 Å². The highest BCUT2D eigenvalue weighted by atomic mass is 19.1.